The van der Waals surface area contributed by atoms with Crippen molar-refractivity contribution in [3.05, 3.63) is 59.8 Å². The first-order valence-electron chi connectivity index (χ1n) is 7.16. The van der Waals surface area contributed by atoms with E-state index in [0.29, 0.717) is 22.4 Å². The van der Waals surface area contributed by atoms with Crippen LogP contribution >= 0.6 is 0 Å². The lowest BCUT2D eigenvalue weighted by atomic mass is 10.1. The number of aromatic amines is 1. The smallest absolute Gasteiger partial charge is 0.296 e. The van der Waals surface area contributed by atoms with Gasteiger partial charge in [0.05, 0.1) is 12.7 Å². The van der Waals surface area contributed by atoms with Crippen molar-refractivity contribution in [2.75, 3.05) is 12.4 Å². The molecule has 1 amide bonds. The molecule has 0 unspecified atom stereocenters. The number of rotatable bonds is 4. The molecule has 0 aliphatic carbocycles. The number of methoxy groups -OCH3 is 1. The predicted octanol–water partition coefficient (Wildman–Crippen LogP) is 3.31. The third-order valence-corrected chi connectivity index (χ3v) is 3.62. The lowest BCUT2D eigenvalue weighted by Crippen LogP contribution is -2.22. The Labute approximate surface area is 133 Å². The molecule has 0 spiro atoms. The number of amides is 1. The zero-order chi connectivity index (χ0) is 16.4. The lowest BCUT2D eigenvalue weighted by Gasteiger charge is -2.05. The number of aromatic nitrogens is 1. The number of ether oxygens (including phenoxy) is 1. The van der Waals surface area contributed by atoms with E-state index in [0.717, 1.165) is 11.1 Å². The Morgan fingerprint density at radius 2 is 1.96 bits per heavy atom. The first-order chi connectivity index (χ1) is 11.1. The zero-order valence-corrected chi connectivity index (χ0v) is 12.8. The molecule has 0 saturated carbocycles. The van der Waals surface area contributed by atoms with Gasteiger partial charge in [-0.05, 0) is 42.8 Å². The van der Waals surface area contributed by atoms with Crippen molar-refractivity contribution in [1.82, 2.24) is 4.98 Å². The lowest BCUT2D eigenvalue weighted by molar-refractivity contribution is -0.112. The predicted molar refractivity (Wildman–Crippen MR) is 89.0 cm³/mol. The average Bonchev–Trinajstić information content (AvgIpc) is 2.97. The number of H-pyrrole nitrogens is 1. The third kappa shape index (κ3) is 2.94. The molecule has 2 N–H and O–H groups in total. The first-order valence-corrected chi connectivity index (χ1v) is 7.16. The van der Waals surface area contributed by atoms with Crippen LogP contribution in [0.5, 0.6) is 5.75 Å². The van der Waals surface area contributed by atoms with Crippen LogP contribution in [0.25, 0.3) is 10.9 Å². The van der Waals surface area contributed by atoms with Crippen LogP contribution in [-0.4, -0.2) is 23.8 Å². The normalized spacial score (nSPS) is 10.5. The number of hydrogen-bond donors (Lipinski definition) is 2. The molecule has 0 aliphatic heterocycles. The molecule has 0 fully saturated rings. The van der Waals surface area contributed by atoms with Crippen LogP contribution in [0.2, 0.25) is 0 Å². The highest BCUT2D eigenvalue weighted by molar-refractivity contribution is 6.48. The molecular weight excluding hydrogens is 292 g/mol. The Morgan fingerprint density at radius 3 is 2.70 bits per heavy atom. The second-order valence-corrected chi connectivity index (χ2v) is 5.27. The molecule has 5 heteroatoms. The molecule has 1 aromatic heterocycles. The van der Waals surface area contributed by atoms with E-state index >= 15 is 0 Å². The van der Waals surface area contributed by atoms with Gasteiger partial charge in [-0.25, -0.2) is 0 Å². The van der Waals surface area contributed by atoms with E-state index in [1.165, 1.54) is 0 Å². The van der Waals surface area contributed by atoms with Crippen LogP contribution in [0.3, 0.4) is 0 Å². The minimum Gasteiger partial charge on any atom is -0.497 e. The van der Waals surface area contributed by atoms with E-state index in [9.17, 15) is 9.59 Å². The number of ketones is 1. The summed E-state index contributed by atoms with van der Waals surface area (Å²) in [5, 5.41) is 3.29. The van der Waals surface area contributed by atoms with Crippen molar-refractivity contribution in [2.24, 2.45) is 0 Å². The molecule has 0 atom stereocenters. The van der Waals surface area contributed by atoms with Crippen LogP contribution in [0.4, 0.5) is 5.69 Å². The Hall–Kier alpha value is -3.08. The van der Waals surface area contributed by atoms with Gasteiger partial charge < -0.3 is 15.0 Å². The van der Waals surface area contributed by atoms with Crippen molar-refractivity contribution in [3.63, 3.8) is 0 Å². The fourth-order valence-corrected chi connectivity index (χ4v) is 2.45. The molecule has 116 valence electrons. The number of fused-ring (bicyclic) bond motifs is 1. The van der Waals surface area contributed by atoms with Crippen molar-refractivity contribution in [3.8, 4) is 5.75 Å². The molecule has 2 aromatic carbocycles. The highest BCUT2D eigenvalue weighted by atomic mass is 16.5. The maximum Gasteiger partial charge on any atom is 0.296 e. The maximum atomic E-state index is 12.4. The number of benzene rings is 2. The van der Waals surface area contributed by atoms with Gasteiger partial charge in [0, 0.05) is 22.8 Å². The van der Waals surface area contributed by atoms with Crippen LogP contribution < -0.4 is 10.1 Å². The topological polar surface area (TPSA) is 71.2 Å². The number of carbonyl (C=O) groups is 2. The Balaban J connectivity index is 1.89. The minimum absolute atomic E-state index is 0.323. The fourth-order valence-electron chi connectivity index (χ4n) is 2.45. The number of hydrogen-bond acceptors (Lipinski definition) is 3. The molecular formula is C18H16N2O3. The van der Waals surface area contributed by atoms with Gasteiger partial charge in [0.2, 0.25) is 0 Å². The molecule has 0 bridgehead atoms. The molecule has 0 aliphatic rings. The number of carbonyl (C=O) groups excluding carboxylic acids is 2. The minimum atomic E-state index is -0.667. The number of Topliss-reactive ketones (excluding diaryl/α,β-unsaturated/α-hetero) is 1. The molecule has 0 radical (unpaired) electrons. The van der Waals surface area contributed by atoms with Crippen LogP contribution in [0.1, 0.15) is 15.9 Å². The summed E-state index contributed by atoms with van der Waals surface area (Å²) >= 11 is 0. The summed E-state index contributed by atoms with van der Waals surface area (Å²) in [4.78, 5) is 27.6. The van der Waals surface area contributed by atoms with E-state index < -0.39 is 11.7 Å². The Morgan fingerprint density at radius 1 is 1.13 bits per heavy atom. The Bertz CT molecular complexity index is 896. The van der Waals surface area contributed by atoms with E-state index in [-0.39, 0.29) is 0 Å². The highest BCUT2D eigenvalue weighted by Gasteiger charge is 2.20. The van der Waals surface area contributed by atoms with Gasteiger partial charge in [0.25, 0.3) is 11.7 Å². The summed E-state index contributed by atoms with van der Waals surface area (Å²) in [6.07, 6.45) is 1.54. The summed E-state index contributed by atoms with van der Waals surface area (Å²) in [5.74, 6) is -0.629. The van der Waals surface area contributed by atoms with Crippen LogP contribution in [0.15, 0.2) is 48.7 Å². The second kappa shape index (κ2) is 5.96. The van der Waals surface area contributed by atoms with Gasteiger partial charge in [0.1, 0.15) is 5.75 Å². The molecule has 5 nitrogen and oxygen atoms in total. The zero-order valence-electron chi connectivity index (χ0n) is 12.8. The molecule has 1 heterocycles. The standard InChI is InChI=1S/C18H16N2O3/c1-11-4-3-5-12(8-11)20-18(22)17(21)15-10-19-16-7-6-13(23-2)9-14(15)16/h3-10,19H,1-2H3,(H,20,22). The van der Waals surface area contributed by atoms with Crippen molar-refractivity contribution < 1.29 is 14.3 Å². The summed E-state index contributed by atoms with van der Waals surface area (Å²) in [7, 11) is 1.56. The molecule has 0 saturated heterocycles. The third-order valence-electron chi connectivity index (χ3n) is 3.62. The Kier molecular flexibility index (Phi) is 3.85. The van der Waals surface area contributed by atoms with E-state index in [4.69, 9.17) is 4.74 Å². The van der Waals surface area contributed by atoms with Crippen molar-refractivity contribution >= 4 is 28.3 Å². The molecule has 3 rings (SSSR count). The summed E-state index contributed by atoms with van der Waals surface area (Å²) in [6, 6.07) is 12.6. The second-order valence-electron chi connectivity index (χ2n) is 5.27. The van der Waals surface area contributed by atoms with Gasteiger partial charge >= 0.3 is 0 Å². The van der Waals surface area contributed by atoms with Gasteiger partial charge in [0.15, 0.2) is 0 Å². The largest absolute Gasteiger partial charge is 0.497 e. The average molecular weight is 308 g/mol. The molecule has 3 aromatic rings. The van der Waals surface area contributed by atoms with E-state index in [1.54, 1.807) is 31.5 Å². The van der Waals surface area contributed by atoms with Gasteiger partial charge in [-0.15, -0.1) is 0 Å². The van der Waals surface area contributed by atoms with Crippen molar-refractivity contribution in [2.45, 2.75) is 6.92 Å². The highest BCUT2D eigenvalue weighted by Crippen LogP contribution is 2.24. The van der Waals surface area contributed by atoms with Gasteiger partial charge in [-0.2, -0.15) is 0 Å². The number of anilines is 1. The molecule has 23 heavy (non-hydrogen) atoms. The maximum absolute atomic E-state index is 12.4. The van der Waals surface area contributed by atoms with Gasteiger partial charge in [-0.1, -0.05) is 12.1 Å². The number of nitrogens with one attached hydrogen (secondary N) is 2. The first kappa shape index (κ1) is 14.8. The number of aryl methyl sites for hydroxylation is 1. The summed E-state index contributed by atoms with van der Waals surface area (Å²) < 4.78 is 5.17. The monoisotopic (exact) mass is 308 g/mol. The van der Waals surface area contributed by atoms with Crippen molar-refractivity contribution in [1.29, 1.82) is 0 Å². The fraction of sp³-hybridized carbons (Fsp3) is 0.111. The van der Waals surface area contributed by atoms with Crippen LogP contribution in [0, 0.1) is 6.92 Å². The van der Waals surface area contributed by atoms with E-state index in [2.05, 4.69) is 10.3 Å². The van der Waals surface area contributed by atoms with Gasteiger partial charge in [-0.3, -0.25) is 9.59 Å². The summed E-state index contributed by atoms with van der Waals surface area (Å²) in [5.41, 5.74) is 2.70. The SMILES string of the molecule is COc1ccc2[nH]cc(C(=O)C(=O)Nc3cccc(C)c3)c2c1. The quantitative estimate of drug-likeness (QED) is 0.574. The van der Waals surface area contributed by atoms with Crippen LogP contribution in [-0.2, 0) is 4.79 Å². The summed E-state index contributed by atoms with van der Waals surface area (Å²) in [6.45, 7) is 1.92. The van der Waals surface area contributed by atoms with E-state index in [1.807, 2.05) is 31.2 Å².